The Balaban J connectivity index is 2.24. The highest BCUT2D eigenvalue weighted by atomic mass is 32.1. The predicted octanol–water partition coefficient (Wildman–Crippen LogP) is 4.26. The average Bonchev–Trinajstić information content (AvgIpc) is 2.90. The van der Waals surface area contributed by atoms with Gasteiger partial charge in [-0.3, -0.25) is 0 Å². The fraction of sp³-hybridized carbons (Fsp3) is 0.824. The summed E-state index contributed by atoms with van der Waals surface area (Å²) in [6.07, 6.45) is 6.96. The van der Waals surface area contributed by atoms with Crippen LogP contribution in [0.4, 0.5) is 0 Å². The van der Waals surface area contributed by atoms with Gasteiger partial charge in [-0.15, -0.1) is 11.3 Å². The Morgan fingerprint density at radius 3 is 2.62 bits per heavy atom. The summed E-state index contributed by atoms with van der Waals surface area (Å²) in [5, 5.41) is 4.66. The number of rotatable bonds is 7. The highest BCUT2D eigenvalue weighted by Crippen LogP contribution is 2.44. The smallest absolute Gasteiger partial charge is 0.125 e. The number of aromatic nitrogens is 1. The molecule has 1 saturated carbocycles. The Labute approximate surface area is 133 Å². The molecule has 4 heteroatoms. The monoisotopic (exact) mass is 310 g/mol. The molecular formula is C17H30N2OS. The van der Waals surface area contributed by atoms with Gasteiger partial charge in [-0.2, -0.15) is 0 Å². The van der Waals surface area contributed by atoms with Crippen molar-refractivity contribution in [1.29, 1.82) is 0 Å². The summed E-state index contributed by atoms with van der Waals surface area (Å²) in [7, 11) is 1.86. The van der Waals surface area contributed by atoms with Gasteiger partial charge >= 0.3 is 0 Å². The minimum Gasteiger partial charge on any atom is -0.371 e. The quantitative estimate of drug-likeness (QED) is 0.817. The molecule has 0 saturated heterocycles. The van der Waals surface area contributed by atoms with Crippen LogP contribution in [0, 0.1) is 5.92 Å². The van der Waals surface area contributed by atoms with Crippen LogP contribution in [0.3, 0.4) is 0 Å². The third kappa shape index (κ3) is 3.85. The van der Waals surface area contributed by atoms with Crippen LogP contribution in [-0.4, -0.2) is 18.6 Å². The molecule has 0 atom stereocenters. The summed E-state index contributed by atoms with van der Waals surface area (Å²) in [4.78, 5) is 6.40. The van der Waals surface area contributed by atoms with Crippen molar-refractivity contribution in [3.05, 3.63) is 15.6 Å². The Morgan fingerprint density at radius 2 is 2.05 bits per heavy atom. The van der Waals surface area contributed by atoms with Crippen molar-refractivity contribution in [3.63, 3.8) is 0 Å². The largest absolute Gasteiger partial charge is 0.371 e. The molecule has 0 unspecified atom stereocenters. The summed E-state index contributed by atoms with van der Waals surface area (Å²) >= 11 is 1.87. The van der Waals surface area contributed by atoms with Gasteiger partial charge in [0.25, 0.3) is 0 Å². The maximum absolute atomic E-state index is 5.99. The van der Waals surface area contributed by atoms with Crippen LogP contribution >= 0.6 is 11.3 Å². The number of hydrogen-bond donors (Lipinski definition) is 1. The minimum atomic E-state index is -0.121. The van der Waals surface area contributed by atoms with E-state index in [1.54, 1.807) is 0 Å². The van der Waals surface area contributed by atoms with E-state index >= 15 is 0 Å². The Hall–Kier alpha value is -0.450. The third-order valence-electron chi connectivity index (χ3n) is 4.66. The van der Waals surface area contributed by atoms with Crippen molar-refractivity contribution >= 4 is 11.3 Å². The fourth-order valence-corrected chi connectivity index (χ4v) is 4.42. The molecule has 0 aromatic carbocycles. The summed E-state index contributed by atoms with van der Waals surface area (Å²) < 4.78 is 5.99. The number of aryl methyl sites for hydroxylation is 1. The molecule has 0 amide bonds. The topological polar surface area (TPSA) is 34.1 Å². The van der Waals surface area contributed by atoms with Gasteiger partial charge < -0.3 is 10.1 Å². The van der Waals surface area contributed by atoms with Gasteiger partial charge in [0.15, 0.2) is 0 Å². The molecule has 2 rings (SSSR count). The first-order valence-electron chi connectivity index (χ1n) is 8.40. The SMILES string of the molecule is CCCc1nc(C2(OC)CCC(C)CC2)sc1CNCC. The maximum atomic E-state index is 5.99. The lowest BCUT2D eigenvalue weighted by Crippen LogP contribution is -2.33. The van der Waals surface area contributed by atoms with E-state index in [0.717, 1.165) is 44.7 Å². The van der Waals surface area contributed by atoms with E-state index in [1.807, 2.05) is 18.4 Å². The van der Waals surface area contributed by atoms with Crippen molar-refractivity contribution in [3.8, 4) is 0 Å². The summed E-state index contributed by atoms with van der Waals surface area (Å²) in [5.41, 5.74) is 1.16. The van der Waals surface area contributed by atoms with Crippen LogP contribution in [0.1, 0.15) is 68.5 Å². The molecule has 0 spiro atoms. The van der Waals surface area contributed by atoms with Gasteiger partial charge in [-0.1, -0.05) is 27.2 Å². The summed E-state index contributed by atoms with van der Waals surface area (Å²) in [5.74, 6) is 0.824. The predicted molar refractivity (Wildman–Crippen MR) is 89.8 cm³/mol. The third-order valence-corrected chi connectivity index (χ3v) is 5.95. The van der Waals surface area contributed by atoms with Gasteiger partial charge in [-0.05, 0) is 44.6 Å². The number of ether oxygens (including phenoxy) is 1. The first-order valence-corrected chi connectivity index (χ1v) is 9.21. The van der Waals surface area contributed by atoms with Crippen molar-refractivity contribution < 1.29 is 4.74 Å². The molecule has 1 aliphatic carbocycles. The molecule has 1 heterocycles. The van der Waals surface area contributed by atoms with Crippen molar-refractivity contribution in [1.82, 2.24) is 10.3 Å². The standard InChI is InChI=1S/C17H30N2OS/c1-5-7-14-15(12-18-6-2)21-16(19-14)17(20-4)10-8-13(3)9-11-17/h13,18H,5-12H2,1-4H3. The zero-order valence-electron chi connectivity index (χ0n) is 14.0. The number of hydrogen-bond acceptors (Lipinski definition) is 4. The average molecular weight is 311 g/mol. The molecule has 1 aromatic heterocycles. The van der Waals surface area contributed by atoms with E-state index in [9.17, 15) is 0 Å². The van der Waals surface area contributed by atoms with Crippen LogP contribution in [0.2, 0.25) is 0 Å². The lowest BCUT2D eigenvalue weighted by Gasteiger charge is -2.36. The van der Waals surface area contributed by atoms with Crippen LogP contribution in [0.15, 0.2) is 0 Å². The lowest BCUT2D eigenvalue weighted by molar-refractivity contribution is -0.0531. The number of thiazole rings is 1. The molecule has 21 heavy (non-hydrogen) atoms. The molecule has 0 radical (unpaired) electrons. The number of methoxy groups -OCH3 is 1. The zero-order valence-corrected chi connectivity index (χ0v) is 14.8. The van der Waals surface area contributed by atoms with E-state index in [2.05, 4.69) is 26.1 Å². The van der Waals surface area contributed by atoms with Crippen molar-refractivity contribution in [2.24, 2.45) is 5.92 Å². The Bertz CT molecular complexity index is 436. The molecule has 120 valence electrons. The first kappa shape index (κ1) is 16.9. The minimum absolute atomic E-state index is 0.121. The van der Waals surface area contributed by atoms with Gasteiger partial charge in [0, 0.05) is 18.5 Å². The van der Waals surface area contributed by atoms with E-state index in [-0.39, 0.29) is 5.60 Å². The first-order chi connectivity index (χ1) is 10.1. The molecular weight excluding hydrogens is 280 g/mol. The molecule has 1 aliphatic rings. The van der Waals surface area contributed by atoms with E-state index in [0.29, 0.717) is 0 Å². The Morgan fingerprint density at radius 1 is 1.33 bits per heavy atom. The van der Waals surface area contributed by atoms with E-state index < -0.39 is 0 Å². The van der Waals surface area contributed by atoms with Crippen LogP contribution in [0.5, 0.6) is 0 Å². The normalized spacial score (nSPS) is 26.2. The molecule has 0 bridgehead atoms. The molecule has 1 N–H and O–H groups in total. The van der Waals surface area contributed by atoms with E-state index in [4.69, 9.17) is 9.72 Å². The van der Waals surface area contributed by atoms with Crippen LogP contribution < -0.4 is 5.32 Å². The fourth-order valence-electron chi connectivity index (χ4n) is 3.12. The summed E-state index contributed by atoms with van der Waals surface area (Å²) in [6, 6.07) is 0. The van der Waals surface area contributed by atoms with Gasteiger partial charge in [-0.25, -0.2) is 4.98 Å². The number of nitrogens with zero attached hydrogens (tertiary/aromatic N) is 1. The molecule has 1 aromatic rings. The van der Waals surface area contributed by atoms with Crippen LogP contribution in [-0.2, 0) is 23.3 Å². The maximum Gasteiger partial charge on any atom is 0.125 e. The Kier molecular flexibility index (Phi) is 6.20. The molecule has 0 aliphatic heterocycles. The second kappa shape index (κ2) is 7.70. The van der Waals surface area contributed by atoms with Gasteiger partial charge in [0.05, 0.1) is 5.69 Å². The highest BCUT2D eigenvalue weighted by Gasteiger charge is 2.39. The summed E-state index contributed by atoms with van der Waals surface area (Å²) in [6.45, 7) is 8.68. The lowest BCUT2D eigenvalue weighted by atomic mass is 9.80. The van der Waals surface area contributed by atoms with Gasteiger partial charge in [0.2, 0.25) is 0 Å². The number of nitrogens with one attached hydrogen (secondary N) is 1. The van der Waals surface area contributed by atoms with Crippen molar-refractivity contribution in [2.45, 2.75) is 71.4 Å². The zero-order chi connectivity index (χ0) is 15.3. The highest BCUT2D eigenvalue weighted by molar-refractivity contribution is 7.11. The van der Waals surface area contributed by atoms with Crippen molar-refractivity contribution in [2.75, 3.05) is 13.7 Å². The molecule has 3 nitrogen and oxygen atoms in total. The van der Waals surface area contributed by atoms with Crippen LogP contribution in [0.25, 0.3) is 0 Å². The van der Waals surface area contributed by atoms with Gasteiger partial charge in [0.1, 0.15) is 10.6 Å². The molecule has 1 fully saturated rings. The van der Waals surface area contributed by atoms with E-state index in [1.165, 1.54) is 28.4 Å². The second-order valence-electron chi connectivity index (χ2n) is 6.30. The second-order valence-corrected chi connectivity index (χ2v) is 7.38.